The van der Waals surface area contributed by atoms with Crippen LogP contribution in [0.5, 0.6) is 17.5 Å². The van der Waals surface area contributed by atoms with Gasteiger partial charge in [0, 0.05) is 23.3 Å². The van der Waals surface area contributed by atoms with Crippen LogP contribution in [-0.2, 0) is 35.6 Å². The van der Waals surface area contributed by atoms with Crippen LogP contribution in [0.25, 0.3) is 10.8 Å². The number of carbonyl (C=O) groups is 4. The van der Waals surface area contributed by atoms with E-state index in [9.17, 15) is 32.7 Å². The van der Waals surface area contributed by atoms with E-state index in [1.54, 1.807) is 32.9 Å². The number of benzene rings is 1. The van der Waals surface area contributed by atoms with Crippen molar-refractivity contribution in [2.45, 2.75) is 119 Å². The highest BCUT2D eigenvalue weighted by Gasteiger charge is 2.63. The molecule has 2 saturated carbocycles. The number of carbonyl (C=O) groups excluding carboxylic acids is 3. The fourth-order valence-electron chi connectivity index (χ4n) is 7.93. The standard InChI is InChI=1S/C38H48FN5O11S/c1-5-28-30(40-36(48)49)34(46)44-19-22(55-33-25-16-26(39)29(52-4)17-24(25)23-11-8-14-53-32(23)41-33)15-27(44)31(45)42-38(18-21(38)10-7-6-9-20(2)54-28)35(47)43-56(50,51)37(3)12-13-37/h7,10,16-17,20-22,27-28,30,40H,5-6,8-9,11-15,18-19H2,1-4H3,(H,42,45)(H,43,47)(H,48,49)/t20-,21-,22-,27+,28+,30+,38-/m1/s1. The highest BCUT2D eigenvalue weighted by molar-refractivity contribution is 7.91. The van der Waals surface area contributed by atoms with Gasteiger partial charge in [0.05, 0.1) is 37.2 Å². The summed E-state index contributed by atoms with van der Waals surface area (Å²) in [6.45, 7) is 5.29. The summed E-state index contributed by atoms with van der Waals surface area (Å²) in [5.41, 5.74) is -0.876. The Balaban J connectivity index is 1.26. The summed E-state index contributed by atoms with van der Waals surface area (Å²) in [5, 5.41) is 15.9. The SMILES string of the molecule is CC[C@@H]1O[C@H](C)CCC=C[C@@H]2C[C@@]2(C(=O)NS(=O)(=O)C2(C)CC2)NC(=O)[C@@H]2C[C@@H](Oc3nc4c(c5cc(OC)c(F)cc35)CCCO4)CN2C(=O)[C@H]1NC(=O)O. The van der Waals surface area contributed by atoms with Gasteiger partial charge in [0.15, 0.2) is 11.6 Å². The minimum absolute atomic E-state index is 0.00590. The van der Waals surface area contributed by atoms with Crippen LogP contribution < -0.4 is 29.6 Å². The van der Waals surface area contributed by atoms with Gasteiger partial charge in [0.2, 0.25) is 33.6 Å². The number of methoxy groups -OCH3 is 1. The van der Waals surface area contributed by atoms with Crippen LogP contribution >= 0.6 is 0 Å². The van der Waals surface area contributed by atoms with Gasteiger partial charge in [-0.15, -0.1) is 0 Å². The average Bonchev–Trinajstić information content (AvgIpc) is 4.04. The summed E-state index contributed by atoms with van der Waals surface area (Å²) in [5.74, 6) is -3.30. The summed E-state index contributed by atoms with van der Waals surface area (Å²) >= 11 is 0. The molecule has 4 N–H and O–H groups in total. The molecule has 7 rings (SSSR count). The maximum absolute atomic E-state index is 15.2. The molecule has 1 saturated heterocycles. The van der Waals surface area contributed by atoms with E-state index in [1.807, 2.05) is 6.08 Å². The highest BCUT2D eigenvalue weighted by atomic mass is 32.2. The van der Waals surface area contributed by atoms with Crippen LogP contribution in [0.2, 0.25) is 0 Å². The second kappa shape index (κ2) is 15.0. The van der Waals surface area contributed by atoms with Crippen LogP contribution in [-0.4, -0.2) is 108 Å². The first kappa shape index (κ1) is 39.5. The second-order valence-corrected chi connectivity index (χ2v) is 17.8. The third-order valence-electron chi connectivity index (χ3n) is 11.7. The number of pyridine rings is 1. The number of nitrogens with one attached hydrogen (secondary N) is 3. The number of nitrogens with zero attached hydrogens (tertiary/aromatic N) is 2. The Bertz CT molecular complexity index is 2080. The highest BCUT2D eigenvalue weighted by Crippen LogP contribution is 2.48. The Kier molecular flexibility index (Phi) is 10.6. The molecule has 56 heavy (non-hydrogen) atoms. The van der Waals surface area contributed by atoms with E-state index in [0.29, 0.717) is 61.8 Å². The third-order valence-corrected chi connectivity index (χ3v) is 13.8. The van der Waals surface area contributed by atoms with Crippen molar-refractivity contribution in [2.24, 2.45) is 5.92 Å². The van der Waals surface area contributed by atoms with E-state index in [1.165, 1.54) is 18.1 Å². The number of fused-ring (bicyclic) bond motifs is 5. The van der Waals surface area contributed by atoms with Gasteiger partial charge in [-0.2, -0.15) is 4.98 Å². The molecule has 0 spiro atoms. The molecule has 5 aliphatic rings. The molecule has 3 aliphatic heterocycles. The van der Waals surface area contributed by atoms with Gasteiger partial charge in [-0.3, -0.25) is 19.1 Å². The molecule has 0 unspecified atom stereocenters. The molecule has 304 valence electrons. The molecule has 18 heteroatoms. The molecular formula is C38H48FN5O11S. The predicted molar refractivity (Wildman–Crippen MR) is 198 cm³/mol. The van der Waals surface area contributed by atoms with Crippen molar-refractivity contribution in [3.63, 3.8) is 0 Å². The summed E-state index contributed by atoms with van der Waals surface area (Å²) in [6.07, 6.45) is 3.22. The Hall–Kier alpha value is -4.71. The largest absolute Gasteiger partial charge is 0.494 e. The number of aromatic nitrogens is 1. The van der Waals surface area contributed by atoms with E-state index in [0.717, 1.165) is 5.56 Å². The zero-order valence-electron chi connectivity index (χ0n) is 31.8. The van der Waals surface area contributed by atoms with Gasteiger partial charge in [-0.1, -0.05) is 19.1 Å². The molecule has 1 aromatic heterocycles. The Morgan fingerprint density at radius 1 is 1.21 bits per heavy atom. The Morgan fingerprint density at radius 2 is 1.98 bits per heavy atom. The van der Waals surface area contributed by atoms with Crippen molar-refractivity contribution >= 4 is 44.6 Å². The van der Waals surface area contributed by atoms with Crippen LogP contribution in [0.3, 0.4) is 0 Å². The molecular weight excluding hydrogens is 754 g/mol. The predicted octanol–water partition coefficient (Wildman–Crippen LogP) is 3.10. The van der Waals surface area contributed by atoms with Crippen molar-refractivity contribution in [3.8, 4) is 17.5 Å². The first-order valence-electron chi connectivity index (χ1n) is 19.1. The summed E-state index contributed by atoms with van der Waals surface area (Å²) < 4.78 is 66.4. The van der Waals surface area contributed by atoms with Gasteiger partial charge in [0.25, 0.3) is 5.91 Å². The molecule has 3 fully saturated rings. The van der Waals surface area contributed by atoms with Crippen molar-refractivity contribution in [3.05, 3.63) is 35.7 Å². The Labute approximate surface area is 323 Å². The van der Waals surface area contributed by atoms with E-state index < -0.39 is 86.3 Å². The molecule has 4 heterocycles. The monoisotopic (exact) mass is 801 g/mol. The van der Waals surface area contributed by atoms with E-state index in [-0.39, 0.29) is 37.4 Å². The zero-order chi connectivity index (χ0) is 40.2. The van der Waals surface area contributed by atoms with Crippen LogP contribution in [0, 0.1) is 11.7 Å². The number of allylic oxidation sites excluding steroid dienone is 1. The lowest BCUT2D eigenvalue weighted by Gasteiger charge is -2.33. The Morgan fingerprint density at radius 3 is 2.68 bits per heavy atom. The molecule has 2 aromatic rings. The lowest BCUT2D eigenvalue weighted by atomic mass is 10.0. The number of hydrogen-bond acceptors (Lipinski definition) is 11. The van der Waals surface area contributed by atoms with Gasteiger partial charge >= 0.3 is 6.09 Å². The molecule has 4 amide bonds. The molecule has 0 bridgehead atoms. The molecule has 7 atom stereocenters. The van der Waals surface area contributed by atoms with Crippen molar-refractivity contribution in [1.29, 1.82) is 0 Å². The molecule has 2 aliphatic carbocycles. The minimum atomic E-state index is -4.06. The smallest absolute Gasteiger partial charge is 0.405 e. The van der Waals surface area contributed by atoms with Crippen LogP contribution in [0.1, 0.15) is 77.7 Å². The van der Waals surface area contributed by atoms with Gasteiger partial charge in [-0.25, -0.2) is 17.6 Å². The lowest BCUT2D eigenvalue weighted by molar-refractivity contribution is -0.145. The summed E-state index contributed by atoms with van der Waals surface area (Å²) in [7, 11) is -2.70. The third kappa shape index (κ3) is 7.44. The van der Waals surface area contributed by atoms with Crippen LogP contribution in [0.4, 0.5) is 9.18 Å². The minimum Gasteiger partial charge on any atom is -0.494 e. The fourth-order valence-corrected chi connectivity index (χ4v) is 9.24. The zero-order valence-corrected chi connectivity index (χ0v) is 32.6. The number of carboxylic acid groups (broad SMARTS) is 1. The first-order valence-corrected chi connectivity index (χ1v) is 20.6. The maximum Gasteiger partial charge on any atom is 0.405 e. The van der Waals surface area contributed by atoms with Crippen molar-refractivity contribution in [1.82, 2.24) is 25.2 Å². The number of amides is 4. The second-order valence-electron chi connectivity index (χ2n) is 15.6. The van der Waals surface area contributed by atoms with Crippen molar-refractivity contribution in [2.75, 3.05) is 20.3 Å². The molecule has 16 nitrogen and oxygen atoms in total. The molecule has 0 radical (unpaired) electrons. The van der Waals surface area contributed by atoms with Gasteiger partial charge in [-0.05, 0) is 82.7 Å². The maximum atomic E-state index is 15.2. The number of rotatable bonds is 8. The van der Waals surface area contributed by atoms with Gasteiger partial charge < -0.3 is 39.6 Å². The topological polar surface area (TPSA) is 212 Å². The normalized spacial score (nSPS) is 30.0. The number of aryl methyl sites for hydroxylation is 1. The average molecular weight is 802 g/mol. The fraction of sp³-hybridized carbons (Fsp3) is 0.605. The van der Waals surface area contributed by atoms with E-state index >= 15 is 4.39 Å². The summed E-state index contributed by atoms with van der Waals surface area (Å²) in [4.78, 5) is 60.8. The number of ether oxygens (including phenoxy) is 4. The quantitative estimate of drug-likeness (QED) is 0.284. The first-order chi connectivity index (χ1) is 26.6. The number of halogens is 1. The molecule has 1 aromatic carbocycles. The van der Waals surface area contributed by atoms with E-state index in [4.69, 9.17) is 18.9 Å². The van der Waals surface area contributed by atoms with Crippen molar-refractivity contribution < 1.29 is 56.0 Å². The lowest BCUT2D eigenvalue weighted by Crippen LogP contribution is -2.60. The number of sulfonamides is 1. The van der Waals surface area contributed by atoms with Crippen LogP contribution in [0.15, 0.2) is 24.3 Å². The summed E-state index contributed by atoms with van der Waals surface area (Å²) in [6, 6.07) is 0.0525. The van der Waals surface area contributed by atoms with E-state index in [2.05, 4.69) is 20.3 Å². The number of hydrogen-bond donors (Lipinski definition) is 4. The van der Waals surface area contributed by atoms with Gasteiger partial charge in [0.1, 0.15) is 23.7 Å².